The van der Waals surface area contributed by atoms with Gasteiger partial charge in [0.05, 0.1) is 5.69 Å². The number of likely N-dealkylation sites (tertiary alicyclic amines) is 1. The van der Waals surface area contributed by atoms with Crippen LogP contribution in [0.2, 0.25) is 0 Å². The first-order chi connectivity index (χ1) is 14.1. The summed E-state index contributed by atoms with van der Waals surface area (Å²) in [4.78, 5) is 18.8. The smallest absolute Gasteiger partial charge is 0.337 e. The molecule has 1 aliphatic heterocycles. The first-order valence-electron chi connectivity index (χ1n) is 9.92. The highest BCUT2D eigenvalue weighted by Gasteiger charge is 2.36. The number of hydrogen-bond acceptors (Lipinski definition) is 4. The van der Waals surface area contributed by atoms with Crippen molar-refractivity contribution in [3.63, 3.8) is 0 Å². The Bertz CT molecular complexity index is 1080. The number of halogens is 3. The van der Waals surface area contributed by atoms with E-state index in [1.807, 2.05) is 13.8 Å². The number of hydrogen-bond donors (Lipinski definition) is 1. The molecule has 0 spiro atoms. The predicted octanol–water partition coefficient (Wildman–Crippen LogP) is 3.92. The highest BCUT2D eigenvalue weighted by Crippen LogP contribution is 2.32. The summed E-state index contributed by atoms with van der Waals surface area (Å²) in [6.45, 7) is 6.50. The molecule has 0 radical (unpaired) electrons. The van der Waals surface area contributed by atoms with Gasteiger partial charge in [0, 0.05) is 36.5 Å². The van der Waals surface area contributed by atoms with Gasteiger partial charge in [-0.25, -0.2) is 9.50 Å². The molecule has 3 aromatic heterocycles. The number of aryl methyl sites for hydroxylation is 1. The van der Waals surface area contributed by atoms with E-state index in [1.165, 1.54) is 6.92 Å². The average molecular weight is 420 g/mol. The van der Waals surface area contributed by atoms with Crippen LogP contribution in [0.25, 0.3) is 5.65 Å². The Morgan fingerprint density at radius 2 is 2.03 bits per heavy atom. The SMILES string of the molecule is Cc1cc(C(F)(F)F)n2nc(C3CCCN(C(=O)c4cc(C(C)C)[nH]n4)C3)cc2n1. The van der Waals surface area contributed by atoms with E-state index < -0.39 is 11.9 Å². The second-order valence-electron chi connectivity index (χ2n) is 8.07. The number of amides is 1. The number of fused-ring (bicyclic) bond motifs is 1. The summed E-state index contributed by atoms with van der Waals surface area (Å²) < 4.78 is 41.1. The maximum absolute atomic E-state index is 13.4. The Morgan fingerprint density at radius 1 is 1.27 bits per heavy atom. The van der Waals surface area contributed by atoms with Crippen molar-refractivity contribution in [1.82, 2.24) is 29.7 Å². The van der Waals surface area contributed by atoms with Gasteiger partial charge in [0.2, 0.25) is 0 Å². The number of alkyl halides is 3. The molecule has 30 heavy (non-hydrogen) atoms. The van der Waals surface area contributed by atoms with E-state index in [1.54, 1.807) is 17.0 Å². The molecular weight excluding hydrogens is 397 g/mol. The van der Waals surface area contributed by atoms with Crippen LogP contribution >= 0.6 is 0 Å². The number of carbonyl (C=O) groups excluding carboxylic acids is 1. The predicted molar refractivity (Wildman–Crippen MR) is 103 cm³/mol. The molecule has 1 atom stereocenters. The number of piperidine rings is 1. The van der Waals surface area contributed by atoms with Crippen LogP contribution in [0.1, 0.15) is 71.8 Å². The monoisotopic (exact) mass is 420 g/mol. The van der Waals surface area contributed by atoms with E-state index in [0.29, 0.717) is 24.5 Å². The molecule has 1 N–H and O–H groups in total. The van der Waals surface area contributed by atoms with E-state index in [9.17, 15) is 18.0 Å². The fourth-order valence-electron chi connectivity index (χ4n) is 3.83. The molecule has 1 fully saturated rings. The van der Waals surface area contributed by atoms with Gasteiger partial charge < -0.3 is 4.90 Å². The van der Waals surface area contributed by atoms with Crippen molar-refractivity contribution in [2.75, 3.05) is 13.1 Å². The molecule has 0 aromatic carbocycles. The van der Waals surface area contributed by atoms with Crippen molar-refractivity contribution >= 4 is 11.6 Å². The van der Waals surface area contributed by atoms with Gasteiger partial charge in [0.15, 0.2) is 5.65 Å². The third-order valence-electron chi connectivity index (χ3n) is 5.43. The van der Waals surface area contributed by atoms with E-state index >= 15 is 0 Å². The number of aromatic nitrogens is 5. The lowest BCUT2D eigenvalue weighted by atomic mass is 9.94. The molecule has 4 rings (SSSR count). The lowest BCUT2D eigenvalue weighted by Gasteiger charge is -2.31. The molecule has 4 heterocycles. The highest BCUT2D eigenvalue weighted by molar-refractivity contribution is 5.92. The molecule has 10 heteroatoms. The maximum atomic E-state index is 13.4. The van der Waals surface area contributed by atoms with Crippen molar-refractivity contribution in [1.29, 1.82) is 0 Å². The Kier molecular flexibility index (Phi) is 5.03. The molecule has 7 nitrogen and oxygen atoms in total. The summed E-state index contributed by atoms with van der Waals surface area (Å²) >= 11 is 0. The summed E-state index contributed by atoms with van der Waals surface area (Å²) in [5.74, 6) is -0.115. The number of nitrogens with zero attached hydrogens (tertiary/aromatic N) is 5. The van der Waals surface area contributed by atoms with E-state index in [-0.39, 0.29) is 29.1 Å². The standard InChI is InChI=1S/C20H23F3N6O/c1-11(2)14-8-16(26-25-14)19(30)28-6-4-5-13(10-28)15-9-18-24-12(3)7-17(20(21,22)23)29(18)27-15/h7-9,11,13H,4-6,10H2,1-3H3,(H,25,26). The summed E-state index contributed by atoms with van der Waals surface area (Å²) in [5, 5.41) is 11.2. The van der Waals surface area contributed by atoms with Gasteiger partial charge in [-0.3, -0.25) is 9.89 Å². The quantitative estimate of drug-likeness (QED) is 0.697. The zero-order valence-electron chi connectivity index (χ0n) is 17.0. The van der Waals surface area contributed by atoms with Gasteiger partial charge in [-0.2, -0.15) is 23.4 Å². The molecule has 0 aliphatic carbocycles. The second kappa shape index (κ2) is 7.41. The molecule has 0 saturated carbocycles. The first kappa shape index (κ1) is 20.4. The van der Waals surface area contributed by atoms with E-state index in [4.69, 9.17) is 0 Å². The third-order valence-corrected chi connectivity index (χ3v) is 5.43. The van der Waals surface area contributed by atoms with Crippen molar-refractivity contribution in [2.24, 2.45) is 0 Å². The Hall–Kier alpha value is -2.91. The number of aromatic amines is 1. The van der Waals surface area contributed by atoms with E-state index in [2.05, 4.69) is 20.3 Å². The third kappa shape index (κ3) is 3.78. The topological polar surface area (TPSA) is 79.2 Å². The minimum Gasteiger partial charge on any atom is -0.337 e. The normalized spacial score (nSPS) is 17.8. The molecule has 1 aliphatic rings. The van der Waals surface area contributed by atoms with Crippen LogP contribution < -0.4 is 0 Å². The lowest BCUT2D eigenvalue weighted by Crippen LogP contribution is -2.39. The fourth-order valence-corrected chi connectivity index (χ4v) is 3.83. The highest BCUT2D eigenvalue weighted by atomic mass is 19.4. The molecule has 160 valence electrons. The summed E-state index contributed by atoms with van der Waals surface area (Å²) in [6.07, 6.45) is -3.05. The van der Waals surface area contributed by atoms with Crippen LogP contribution in [0, 0.1) is 6.92 Å². The van der Waals surface area contributed by atoms with Crippen LogP contribution in [0.5, 0.6) is 0 Å². The zero-order chi connectivity index (χ0) is 21.6. The van der Waals surface area contributed by atoms with Gasteiger partial charge in [-0.1, -0.05) is 13.8 Å². The Balaban J connectivity index is 1.60. The Labute approximate surface area is 171 Å². The second-order valence-corrected chi connectivity index (χ2v) is 8.07. The molecule has 1 amide bonds. The van der Waals surface area contributed by atoms with Crippen molar-refractivity contribution in [3.8, 4) is 0 Å². The summed E-state index contributed by atoms with van der Waals surface area (Å²) in [6, 6.07) is 4.33. The maximum Gasteiger partial charge on any atom is 0.433 e. The van der Waals surface area contributed by atoms with Gasteiger partial charge in [0.1, 0.15) is 11.4 Å². The first-order valence-corrected chi connectivity index (χ1v) is 9.92. The van der Waals surface area contributed by atoms with Crippen LogP contribution in [0.3, 0.4) is 0 Å². The number of carbonyl (C=O) groups is 1. The Morgan fingerprint density at radius 3 is 2.70 bits per heavy atom. The van der Waals surface area contributed by atoms with Gasteiger partial charge in [-0.05, 0) is 37.8 Å². The minimum absolute atomic E-state index is 0.158. The number of nitrogens with one attached hydrogen (secondary N) is 1. The van der Waals surface area contributed by atoms with Crippen LogP contribution in [-0.2, 0) is 6.18 Å². The van der Waals surface area contributed by atoms with Crippen molar-refractivity contribution < 1.29 is 18.0 Å². The molecule has 1 unspecified atom stereocenters. The largest absolute Gasteiger partial charge is 0.433 e. The fraction of sp³-hybridized carbons (Fsp3) is 0.500. The molecule has 0 bridgehead atoms. The van der Waals surface area contributed by atoms with Crippen LogP contribution in [0.15, 0.2) is 18.2 Å². The lowest BCUT2D eigenvalue weighted by molar-refractivity contribution is -0.142. The minimum atomic E-state index is -4.53. The van der Waals surface area contributed by atoms with Gasteiger partial charge in [-0.15, -0.1) is 0 Å². The van der Waals surface area contributed by atoms with Crippen LogP contribution in [-0.4, -0.2) is 48.7 Å². The molecular formula is C20H23F3N6O. The van der Waals surface area contributed by atoms with Crippen molar-refractivity contribution in [3.05, 3.63) is 46.7 Å². The van der Waals surface area contributed by atoms with E-state index in [0.717, 1.165) is 29.1 Å². The summed E-state index contributed by atoms with van der Waals surface area (Å²) in [7, 11) is 0. The van der Waals surface area contributed by atoms with Crippen LogP contribution in [0.4, 0.5) is 13.2 Å². The van der Waals surface area contributed by atoms with Gasteiger partial charge in [0.25, 0.3) is 5.91 Å². The zero-order valence-corrected chi connectivity index (χ0v) is 17.0. The number of rotatable bonds is 3. The average Bonchev–Trinajstić information content (AvgIpc) is 3.33. The number of H-pyrrole nitrogens is 1. The molecule has 3 aromatic rings. The van der Waals surface area contributed by atoms with Crippen molar-refractivity contribution in [2.45, 2.75) is 51.6 Å². The molecule has 1 saturated heterocycles. The summed E-state index contributed by atoms with van der Waals surface area (Å²) in [5.41, 5.74) is 1.34. The van der Waals surface area contributed by atoms with Gasteiger partial charge >= 0.3 is 6.18 Å².